The Balaban J connectivity index is 2.73. The monoisotopic (exact) mass is 284 g/mol. The van der Waals surface area contributed by atoms with Crippen molar-refractivity contribution in [3.63, 3.8) is 0 Å². The molecule has 0 aliphatic heterocycles. The number of aryl methyl sites for hydroxylation is 1. The van der Waals surface area contributed by atoms with E-state index in [0.29, 0.717) is 12.0 Å². The van der Waals surface area contributed by atoms with Crippen LogP contribution in [0.1, 0.15) is 15.9 Å². The van der Waals surface area contributed by atoms with Crippen molar-refractivity contribution in [3.05, 3.63) is 35.4 Å². The molecule has 0 atom stereocenters. The lowest BCUT2D eigenvalue weighted by Crippen LogP contribution is -2.37. The molecule has 6 nitrogen and oxygen atoms in total. The standard InChI is InChI=1S/C12H16N2O4S/c1-10-5-3-4-6-11(10)12(16)14(9-15)8-7-13-19(2,17)18/h3-6,9,13H,7-8H2,1-2H3. The SMILES string of the molecule is Cc1ccccc1C(=O)N(C=O)CCNS(C)(=O)=O. The molecule has 0 saturated heterocycles. The second kappa shape index (κ2) is 6.44. The lowest BCUT2D eigenvalue weighted by atomic mass is 10.1. The van der Waals surface area contributed by atoms with Crippen LogP contribution in [0, 0.1) is 6.92 Å². The number of nitrogens with zero attached hydrogens (tertiary/aromatic N) is 1. The average Bonchev–Trinajstić information content (AvgIpc) is 2.33. The van der Waals surface area contributed by atoms with Crippen molar-refractivity contribution in [3.8, 4) is 0 Å². The molecular weight excluding hydrogens is 268 g/mol. The first-order valence-electron chi connectivity index (χ1n) is 5.61. The smallest absolute Gasteiger partial charge is 0.260 e. The van der Waals surface area contributed by atoms with Crippen LogP contribution < -0.4 is 4.72 Å². The summed E-state index contributed by atoms with van der Waals surface area (Å²) in [5.41, 5.74) is 1.18. The van der Waals surface area contributed by atoms with Gasteiger partial charge in [-0.05, 0) is 18.6 Å². The Kier molecular flexibility index (Phi) is 5.20. The Bertz CT molecular complexity index is 569. The van der Waals surface area contributed by atoms with Gasteiger partial charge in [0.1, 0.15) is 0 Å². The van der Waals surface area contributed by atoms with Crippen LogP contribution in [0.15, 0.2) is 24.3 Å². The molecule has 0 saturated carbocycles. The molecule has 1 aromatic carbocycles. The summed E-state index contributed by atoms with van der Waals surface area (Å²) >= 11 is 0. The van der Waals surface area contributed by atoms with Crippen LogP contribution in [0.5, 0.6) is 0 Å². The molecule has 7 heteroatoms. The molecule has 0 aliphatic carbocycles. The highest BCUT2D eigenvalue weighted by atomic mass is 32.2. The van der Waals surface area contributed by atoms with Gasteiger partial charge < -0.3 is 0 Å². The summed E-state index contributed by atoms with van der Waals surface area (Å²) in [6.07, 6.45) is 1.42. The van der Waals surface area contributed by atoms with Gasteiger partial charge in [0.15, 0.2) is 0 Å². The minimum atomic E-state index is -3.33. The van der Waals surface area contributed by atoms with Crippen molar-refractivity contribution in [2.45, 2.75) is 6.92 Å². The highest BCUT2D eigenvalue weighted by molar-refractivity contribution is 7.88. The molecule has 0 aromatic heterocycles. The summed E-state index contributed by atoms with van der Waals surface area (Å²) in [4.78, 5) is 23.9. The predicted octanol–water partition coefficient (Wildman–Crippen LogP) is 0.143. The minimum absolute atomic E-state index is 0.00477. The molecule has 0 bridgehead atoms. The highest BCUT2D eigenvalue weighted by Crippen LogP contribution is 2.09. The van der Waals surface area contributed by atoms with Gasteiger partial charge in [-0.15, -0.1) is 0 Å². The van der Waals surface area contributed by atoms with E-state index in [1.807, 2.05) is 0 Å². The van der Waals surface area contributed by atoms with Crippen molar-refractivity contribution in [2.75, 3.05) is 19.3 Å². The van der Waals surface area contributed by atoms with Gasteiger partial charge in [-0.1, -0.05) is 18.2 Å². The van der Waals surface area contributed by atoms with Crippen LogP contribution in [0.25, 0.3) is 0 Å². The normalized spacial score (nSPS) is 11.1. The fourth-order valence-corrected chi connectivity index (χ4v) is 1.98. The van der Waals surface area contributed by atoms with Crippen LogP contribution >= 0.6 is 0 Å². The minimum Gasteiger partial charge on any atom is -0.280 e. The highest BCUT2D eigenvalue weighted by Gasteiger charge is 2.16. The van der Waals surface area contributed by atoms with E-state index in [1.165, 1.54) is 0 Å². The first kappa shape index (κ1) is 15.3. The van der Waals surface area contributed by atoms with E-state index in [2.05, 4.69) is 4.72 Å². The van der Waals surface area contributed by atoms with Crippen LogP contribution in [0.4, 0.5) is 0 Å². The Hall–Kier alpha value is -1.73. The third-order valence-corrected chi connectivity index (χ3v) is 3.21. The van der Waals surface area contributed by atoms with E-state index in [4.69, 9.17) is 0 Å². The summed E-state index contributed by atoms with van der Waals surface area (Å²) < 4.78 is 24.0. The van der Waals surface area contributed by atoms with E-state index in [1.54, 1.807) is 31.2 Å². The second-order valence-corrected chi connectivity index (χ2v) is 5.92. The summed E-state index contributed by atoms with van der Waals surface area (Å²) in [6.45, 7) is 1.75. The largest absolute Gasteiger partial charge is 0.280 e. The number of amides is 2. The van der Waals surface area contributed by atoms with Crippen molar-refractivity contribution < 1.29 is 18.0 Å². The number of rotatable bonds is 6. The van der Waals surface area contributed by atoms with E-state index < -0.39 is 15.9 Å². The Labute approximate surface area is 112 Å². The summed E-state index contributed by atoms with van der Waals surface area (Å²) in [6, 6.07) is 6.89. The fourth-order valence-electron chi connectivity index (χ4n) is 1.52. The molecule has 1 N–H and O–H groups in total. The van der Waals surface area contributed by atoms with Crippen LogP contribution in [0.3, 0.4) is 0 Å². The molecule has 19 heavy (non-hydrogen) atoms. The number of hydrogen-bond acceptors (Lipinski definition) is 4. The molecule has 0 spiro atoms. The third-order valence-electron chi connectivity index (χ3n) is 2.48. The zero-order valence-corrected chi connectivity index (χ0v) is 11.6. The molecule has 0 fully saturated rings. The quantitative estimate of drug-likeness (QED) is 0.753. The van der Waals surface area contributed by atoms with E-state index in [0.717, 1.165) is 16.7 Å². The van der Waals surface area contributed by atoms with Crippen molar-refractivity contribution >= 4 is 22.3 Å². The zero-order valence-electron chi connectivity index (χ0n) is 10.8. The predicted molar refractivity (Wildman–Crippen MR) is 71.1 cm³/mol. The molecule has 0 heterocycles. The van der Waals surface area contributed by atoms with Crippen LogP contribution in [0.2, 0.25) is 0 Å². The number of imide groups is 1. The molecule has 1 rings (SSSR count). The maximum Gasteiger partial charge on any atom is 0.260 e. The Morgan fingerprint density at radius 1 is 1.37 bits per heavy atom. The number of carbonyl (C=O) groups excluding carboxylic acids is 2. The molecule has 0 unspecified atom stereocenters. The number of nitrogens with one attached hydrogen (secondary N) is 1. The third kappa shape index (κ3) is 4.80. The topological polar surface area (TPSA) is 83.6 Å². The Morgan fingerprint density at radius 3 is 2.53 bits per heavy atom. The molecule has 1 aromatic rings. The van der Waals surface area contributed by atoms with Gasteiger partial charge in [0.2, 0.25) is 16.4 Å². The van der Waals surface area contributed by atoms with Gasteiger partial charge in [-0.3, -0.25) is 14.5 Å². The van der Waals surface area contributed by atoms with Gasteiger partial charge in [0, 0.05) is 18.7 Å². The average molecular weight is 284 g/mol. The fraction of sp³-hybridized carbons (Fsp3) is 0.333. The van der Waals surface area contributed by atoms with Crippen molar-refractivity contribution in [1.29, 1.82) is 0 Å². The van der Waals surface area contributed by atoms with Gasteiger partial charge in [0.25, 0.3) is 5.91 Å². The van der Waals surface area contributed by atoms with E-state index in [9.17, 15) is 18.0 Å². The number of hydrogen-bond donors (Lipinski definition) is 1. The van der Waals surface area contributed by atoms with E-state index >= 15 is 0 Å². The van der Waals surface area contributed by atoms with Crippen LogP contribution in [-0.4, -0.2) is 45.0 Å². The van der Waals surface area contributed by atoms with Gasteiger partial charge in [-0.25, -0.2) is 13.1 Å². The Morgan fingerprint density at radius 2 is 2.00 bits per heavy atom. The van der Waals surface area contributed by atoms with E-state index in [-0.39, 0.29) is 13.1 Å². The lowest BCUT2D eigenvalue weighted by molar-refractivity contribution is -0.115. The number of carbonyl (C=O) groups is 2. The second-order valence-electron chi connectivity index (χ2n) is 4.09. The van der Waals surface area contributed by atoms with Crippen molar-refractivity contribution in [1.82, 2.24) is 9.62 Å². The number of benzene rings is 1. The summed E-state index contributed by atoms with van der Waals surface area (Å²) in [5, 5.41) is 0. The maximum atomic E-state index is 12.1. The molecule has 0 radical (unpaired) electrons. The molecular formula is C12H16N2O4S. The van der Waals surface area contributed by atoms with Gasteiger partial charge >= 0.3 is 0 Å². The zero-order chi connectivity index (χ0) is 14.5. The molecule has 0 aliphatic rings. The first-order valence-corrected chi connectivity index (χ1v) is 7.51. The van der Waals surface area contributed by atoms with Gasteiger partial charge in [0.05, 0.1) is 6.26 Å². The summed E-state index contributed by atoms with van der Waals surface area (Å²) in [7, 11) is -3.33. The first-order chi connectivity index (χ1) is 8.85. The molecule has 2 amide bonds. The lowest BCUT2D eigenvalue weighted by Gasteiger charge is -2.16. The maximum absolute atomic E-state index is 12.1. The molecule has 104 valence electrons. The van der Waals surface area contributed by atoms with Crippen LogP contribution in [-0.2, 0) is 14.8 Å². The summed E-state index contributed by atoms with van der Waals surface area (Å²) in [5.74, 6) is -0.441. The van der Waals surface area contributed by atoms with Gasteiger partial charge in [-0.2, -0.15) is 0 Å². The number of sulfonamides is 1. The van der Waals surface area contributed by atoms with Crippen molar-refractivity contribution in [2.24, 2.45) is 0 Å².